The molecule has 4 nitrogen and oxygen atoms in total. The van der Waals surface area contributed by atoms with Crippen LogP contribution < -0.4 is 10.1 Å². The molecule has 0 bridgehead atoms. The number of hydrogen-bond acceptors (Lipinski definition) is 3. The van der Waals surface area contributed by atoms with Gasteiger partial charge in [0.15, 0.2) is 0 Å². The van der Waals surface area contributed by atoms with Gasteiger partial charge in [0.2, 0.25) is 0 Å². The van der Waals surface area contributed by atoms with E-state index in [9.17, 15) is 0 Å². The van der Waals surface area contributed by atoms with Gasteiger partial charge in [-0.1, -0.05) is 12.1 Å². The van der Waals surface area contributed by atoms with E-state index in [-0.39, 0.29) is 5.92 Å². The van der Waals surface area contributed by atoms with Gasteiger partial charge < -0.3 is 15.0 Å². The fraction of sp³-hybridized carbons (Fsp3) is 0.278. The standard InChI is InChI=1S/C18H21N3O/c1-19-10-8-14(13-5-4-9-20-11-13)15-12-21-16-6-3-7-17(22-2)18(15)16/h3-7,9,11-12,14,19,21H,8,10H2,1-2H3. The highest BCUT2D eigenvalue weighted by Gasteiger charge is 2.20. The fourth-order valence-corrected chi connectivity index (χ4v) is 2.99. The number of aromatic nitrogens is 2. The maximum Gasteiger partial charge on any atom is 0.128 e. The lowest BCUT2D eigenvalue weighted by Crippen LogP contribution is -2.13. The highest BCUT2D eigenvalue weighted by atomic mass is 16.5. The Balaban J connectivity index is 2.12. The van der Waals surface area contributed by atoms with Crippen molar-refractivity contribution in [2.75, 3.05) is 20.7 Å². The number of nitrogens with zero attached hydrogens (tertiary/aromatic N) is 1. The van der Waals surface area contributed by atoms with Gasteiger partial charge in [-0.2, -0.15) is 0 Å². The first-order valence-corrected chi connectivity index (χ1v) is 7.53. The summed E-state index contributed by atoms with van der Waals surface area (Å²) in [6.07, 6.45) is 6.87. The summed E-state index contributed by atoms with van der Waals surface area (Å²) < 4.78 is 5.57. The Morgan fingerprint density at radius 3 is 2.91 bits per heavy atom. The third-order valence-corrected chi connectivity index (χ3v) is 4.06. The van der Waals surface area contributed by atoms with E-state index in [1.54, 1.807) is 7.11 Å². The number of nitrogens with one attached hydrogen (secondary N) is 2. The average Bonchev–Trinajstić information content (AvgIpc) is 3.00. The second-order valence-electron chi connectivity index (χ2n) is 5.36. The fourth-order valence-electron chi connectivity index (χ4n) is 2.99. The van der Waals surface area contributed by atoms with E-state index in [4.69, 9.17) is 4.74 Å². The molecule has 3 aromatic rings. The number of methoxy groups -OCH3 is 1. The van der Waals surface area contributed by atoms with Crippen LogP contribution in [0, 0.1) is 0 Å². The third kappa shape index (κ3) is 2.70. The predicted octanol–water partition coefficient (Wildman–Crippen LogP) is 3.31. The zero-order valence-corrected chi connectivity index (χ0v) is 13.0. The van der Waals surface area contributed by atoms with Crippen molar-refractivity contribution in [3.05, 3.63) is 60.0 Å². The van der Waals surface area contributed by atoms with E-state index in [0.29, 0.717) is 0 Å². The zero-order valence-electron chi connectivity index (χ0n) is 13.0. The van der Waals surface area contributed by atoms with Crippen molar-refractivity contribution in [1.29, 1.82) is 0 Å². The van der Waals surface area contributed by atoms with Gasteiger partial charge in [-0.25, -0.2) is 0 Å². The number of rotatable bonds is 6. The van der Waals surface area contributed by atoms with E-state index in [0.717, 1.165) is 29.6 Å². The molecule has 2 aromatic heterocycles. The molecule has 1 aromatic carbocycles. The largest absolute Gasteiger partial charge is 0.496 e. The van der Waals surface area contributed by atoms with Crippen LogP contribution in [0.25, 0.3) is 10.9 Å². The number of benzene rings is 1. The molecule has 114 valence electrons. The van der Waals surface area contributed by atoms with Crippen molar-refractivity contribution in [3.63, 3.8) is 0 Å². The monoisotopic (exact) mass is 295 g/mol. The van der Waals surface area contributed by atoms with Crippen molar-refractivity contribution in [2.24, 2.45) is 0 Å². The molecule has 0 radical (unpaired) electrons. The Hall–Kier alpha value is -2.33. The quantitative estimate of drug-likeness (QED) is 0.733. The van der Waals surface area contributed by atoms with Gasteiger partial charge in [0.05, 0.1) is 7.11 Å². The van der Waals surface area contributed by atoms with Crippen molar-refractivity contribution in [2.45, 2.75) is 12.3 Å². The molecule has 0 saturated carbocycles. The normalized spacial score (nSPS) is 12.5. The third-order valence-electron chi connectivity index (χ3n) is 4.06. The molecule has 1 atom stereocenters. The van der Waals surface area contributed by atoms with Gasteiger partial charge in [0.25, 0.3) is 0 Å². The summed E-state index contributed by atoms with van der Waals surface area (Å²) in [5.41, 5.74) is 3.59. The number of fused-ring (bicyclic) bond motifs is 1. The minimum absolute atomic E-state index is 0.284. The van der Waals surface area contributed by atoms with Crippen LogP contribution in [-0.4, -0.2) is 30.7 Å². The second kappa shape index (κ2) is 6.62. The van der Waals surface area contributed by atoms with Gasteiger partial charge in [-0.05, 0) is 49.3 Å². The highest BCUT2D eigenvalue weighted by Crippen LogP contribution is 2.37. The van der Waals surface area contributed by atoms with Crippen molar-refractivity contribution >= 4 is 10.9 Å². The lowest BCUT2D eigenvalue weighted by molar-refractivity contribution is 0.419. The summed E-state index contributed by atoms with van der Waals surface area (Å²) >= 11 is 0. The Morgan fingerprint density at radius 2 is 2.18 bits per heavy atom. The van der Waals surface area contributed by atoms with Gasteiger partial charge in [-0.15, -0.1) is 0 Å². The lowest BCUT2D eigenvalue weighted by Gasteiger charge is -2.17. The van der Waals surface area contributed by atoms with Crippen molar-refractivity contribution in [3.8, 4) is 5.75 Å². The first kappa shape index (κ1) is 14.6. The number of ether oxygens (including phenoxy) is 1. The molecule has 0 saturated heterocycles. The minimum Gasteiger partial charge on any atom is -0.496 e. The van der Waals surface area contributed by atoms with Crippen LogP contribution in [-0.2, 0) is 0 Å². The number of H-pyrrole nitrogens is 1. The van der Waals surface area contributed by atoms with Crippen LogP contribution in [0.1, 0.15) is 23.5 Å². The van der Waals surface area contributed by atoms with Gasteiger partial charge in [-0.3, -0.25) is 4.98 Å². The SMILES string of the molecule is CNCCC(c1cccnc1)c1c[nH]c2cccc(OC)c12. The zero-order chi connectivity index (χ0) is 15.4. The molecular weight excluding hydrogens is 274 g/mol. The van der Waals surface area contributed by atoms with Crippen LogP contribution >= 0.6 is 0 Å². The molecule has 2 heterocycles. The Morgan fingerprint density at radius 1 is 1.27 bits per heavy atom. The average molecular weight is 295 g/mol. The van der Waals surface area contributed by atoms with Crippen molar-refractivity contribution < 1.29 is 4.74 Å². The predicted molar refractivity (Wildman–Crippen MR) is 89.5 cm³/mol. The Bertz CT molecular complexity index is 736. The van der Waals surface area contributed by atoms with E-state index in [1.807, 2.05) is 37.6 Å². The minimum atomic E-state index is 0.284. The van der Waals surface area contributed by atoms with Gasteiger partial charge in [0.1, 0.15) is 5.75 Å². The van der Waals surface area contributed by atoms with Crippen molar-refractivity contribution in [1.82, 2.24) is 15.3 Å². The number of pyridine rings is 1. The van der Waals surface area contributed by atoms with Crippen LogP contribution in [0.15, 0.2) is 48.9 Å². The summed E-state index contributed by atoms with van der Waals surface area (Å²) in [5, 5.41) is 4.41. The molecule has 0 aliphatic heterocycles. The molecule has 0 fully saturated rings. The van der Waals surface area contributed by atoms with Crippen LogP contribution in [0.4, 0.5) is 0 Å². The van der Waals surface area contributed by atoms with Crippen LogP contribution in [0.5, 0.6) is 5.75 Å². The first-order chi connectivity index (χ1) is 10.8. The molecular formula is C18H21N3O. The topological polar surface area (TPSA) is 49.9 Å². The summed E-state index contributed by atoms with van der Waals surface area (Å²) in [6.45, 7) is 0.946. The maximum atomic E-state index is 5.57. The molecule has 1 unspecified atom stereocenters. The van der Waals surface area contributed by atoms with E-state index < -0.39 is 0 Å². The Labute approximate surface area is 130 Å². The maximum absolute atomic E-state index is 5.57. The molecule has 4 heteroatoms. The van der Waals surface area contributed by atoms with Gasteiger partial charge >= 0.3 is 0 Å². The molecule has 2 N–H and O–H groups in total. The smallest absolute Gasteiger partial charge is 0.128 e. The molecule has 0 amide bonds. The Kier molecular flexibility index (Phi) is 4.39. The molecule has 0 aliphatic carbocycles. The summed E-state index contributed by atoms with van der Waals surface area (Å²) in [7, 11) is 3.70. The van der Waals surface area contributed by atoms with Crippen LogP contribution in [0.2, 0.25) is 0 Å². The van der Waals surface area contributed by atoms with E-state index in [2.05, 4.69) is 33.6 Å². The lowest BCUT2D eigenvalue weighted by atomic mass is 9.89. The van der Waals surface area contributed by atoms with E-state index >= 15 is 0 Å². The van der Waals surface area contributed by atoms with Gasteiger partial charge in [0, 0.05) is 35.4 Å². The molecule has 0 spiro atoms. The first-order valence-electron chi connectivity index (χ1n) is 7.53. The molecule has 22 heavy (non-hydrogen) atoms. The highest BCUT2D eigenvalue weighted by molar-refractivity contribution is 5.90. The summed E-state index contributed by atoms with van der Waals surface area (Å²) in [5.74, 6) is 1.19. The number of hydrogen-bond donors (Lipinski definition) is 2. The summed E-state index contributed by atoms with van der Waals surface area (Å²) in [6, 6.07) is 10.2. The van der Waals surface area contributed by atoms with Crippen LogP contribution in [0.3, 0.4) is 0 Å². The second-order valence-corrected chi connectivity index (χ2v) is 5.36. The summed E-state index contributed by atoms with van der Waals surface area (Å²) in [4.78, 5) is 7.65. The van der Waals surface area contributed by atoms with E-state index in [1.165, 1.54) is 11.1 Å². The molecule has 0 aliphatic rings. The molecule has 3 rings (SSSR count). The number of aromatic amines is 1.